The fourth-order valence-corrected chi connectivity index (χ4v) is 3.52. The quantitative estimate of drug-likeness (QED) is 0.487. The van der Waals surface area contributed by atoms with Crippen LogP contribution in [0.2, 0.25) is 5.02 Å². The van der Waals surface area contributed by atoms with Crippen LogP contribution in [0.3, 0.4) is 0 Å². The lowest BCUT2D eigenvalue weighted by Crippen LogP contribution is -2.07. The van der Waals surface area contributed by atoms with Gasteiger partial charge in [-0.05, 0) is 43.5 Å². The van der Waals surface area contributed by atoms with E-state index in [-0.39, 0.29) is 11.9 Å². The van der Waals surface area contributed by atoms with Crippen molar-refractivity contribution in [2.45, 2.75) is 31.7 Å². The van der Waals surface area contributed by atoms with E-state index in [0.29, 0.717) is 33.7 Å². The van der Waals surface area contributed by atoms with Gasteiger partial charge in [0.15, 0.2) is 17.3 Å². The summed E-state index contributed by atoms with van der Waals surface area (Å²) in [6, 6.07) is 10.2. The first kappa shape index (κ1) is 17.2. The van der Waals surface area contributed by atoms with Crippen LogP contribution < -0.4 is 5.32 Å². The van der Waals surface area contributed by atoms with Crippen molar-refractivity contribution in [2.75, 3.05) is 5.32 Å². The Morgan fingerprint density at radius 3 is 2.79 bits per heavy atom. The van der Waals surface area contributed by atoms with Crippen LogP contribution >= 0.6 is 11.6 Å². The van der Waals surface area contributed by atoms with Crippen molar-refractivity contribution in [3.05, 3.63) is 64.8 Å². The van der Waals surface area contributed by atoms with Crippen molar-refractivity contribution in [1.82, 2.24) is 24.7 Å². The van der Waals surface area contributed by atoms with E-state index >= 15 is 0 Å². The van der Waals surface area contributed by atoms with Crippen LogP contribution in [0.25, 0.3) is 11.2 Å². The number of benzene rings is 1. The van der Waals surface area contributed by atoms with E-state index < -0.39 is 0 Å². The van der Waals surface area contributed by atoms with Crippen LogP contribution in [-0.2, 0) is 0 Å². The summed E-state index contributed by atoms with van der Waals surface area (Å²) in [7, 11) is 0. The smallest absolute Gasteiger partial charge is 0.162 e. The third kappa shape index (κ3) is 3.11. The number of nitrogens with zero attached hydrogens (tertiary/aromatic N) is 4. The second kappa shape index (κ2) is 6.60. The van der Waals surface area contributed by atoms with Gasteiger partial charge in [-0.3, -0.25) is 5.10 Å². The second-order valence-electron chi connectivity index (χ2n) is 7.15. The predicted molar refractivity (Wildman–Crippen MR) is 107 cm³/mol. The lowest BCUT2D eigenvalue weighted by Gasteiger charge is -2.15. The molecule has 0 radical (unpaired) electrons. The Bertz CT molecular complexity index is 1150. The molecule has 28 heavy (non-hydrogen) atoms. The zero-order chi connectivity index (χ0) is 19.3. The van der Waals surface area contributed by atoms with E-state index in [0.717, 1.165) is 11.3 Å². The van der Waals surface area contributed by atoms with Gasteiger partial charge in [0, 0.05) is 17.7 Å². The fourth-order valence-electron chi connectivity index (χ4n) is 3.33. The number of aromatic nitrogens is 5. The number of nitrogens with one attached hydrogen (secondary N) is 2. The van der Waals surface area contributed by atoms with Crippen LogP contribution in [0.15, 0.2) is 42.7 Å². The Balaban J connectivity index is 1.49. The molecule has 1 aromatic carbocycles. The summed E-state index contributed by atoms with van der Waals surface area (Å²) in [6.07, 6.45) is 4.13. The molecule has 142 valence electrons. The summed E-state index contributed by atoms with van der Waals surface area (Å²) < 4.78 is 15.2. The minimum absolute atomic E-state index is 0.0565. The molecule has 3 aromatic heterocycles. The number of rotatable bonds is 5. The van der Waals surface area contributed by atoms with Crippen LogP contribution in [0.4, 0.5) is 16.0 Å². The molecule has 1 fully saturated rings. The molecule has 4 aromatic rings. The number of anilines is 2. The minimum Gasteiger partial charge on any atom is -0.322 e. The van der Waals surface area contributed by atoms with E-state index in [9.17, 15) is 4.39 Å². The van der Waals surface area contributed by atoms with E-state index in [2.05, 4.69) is 20.5 Å². The van der Waals surface area contributed by atoms with Gasteiger partial charge in [0.25, 0.3) is 0 Å². The molecule has 3 heterocycles. The molecule has 0 amide bonds. The average molecular weight is 397 g/mol. The van der Waals surface area contributed by atoms with Gasteiger partial charge < -0.3 is 9.88 Å². The Morgan fingerprint density at radius 1 is 1.25 bits per heavy atom. The van der Waals surface area contributed by atoms with Gasteiger partial charge >= 0.3 is 0 Å². The van der Waals surface area contributed by atoms with Gasteiger partial charge in [0.2, 0.25) is 0 Å². The van der Waals surface area contributed by atoms with Gasteiger partial charge in [-0.15, -0.1) is 0 Å². The lowest BCUT2D eigenvalue weighted by atomic mass is 10.1. The summed E-state index contributed by atoms with van der Waals surface area (Å²) >= 11 is 6.40. The van der Waals surface area contributed by atoms with Crippen LogP contribution in [-0.4, -0.2) is 24.7 Å². The Labute approximate surface area is 165 Å². The number of pyridine rings is 1. The van der Waals surface area contributed by atoms with E-state index in [4.69, 9.17) is 16.6 Å². The summed E-state index contributed by atoms with van der Waals surface area (Å²) in [4.78, 5) is 9.11. The number of imidazole rings is 1. The second-order valence-corrected chi connectivity index (χ2v) is 7.56. The van der Waals surface area contributed by atoms with E-state index in [1.165, 1.54) is 25.0 Å². The van der Waals surface area contributed by atoms with Gasteiger partial charge in [-0.2, -0.15) is 5.10 Å². The zero-order valence-corrected chi connectivity index (χ0v) is 15.9. The fraction of sp³-hybridized carbons (Fsp3) is 0.250. The molecule has 5 rings (SSSR count). The molecule has 6 nitrogen and oxygen atoms in total. The van der Waals surface area contributed by atoms with E-state index in [1.54, 1.807) is 24.5 Å². The Morgan fingerprint density at radius 2 is 2.04 bits per heavy atom. The Hall–Kier alpha value is -2.93. The summed E-state index contributed by atoms with van der Waals surface area (Å²) in [5.41, 5.74) is 3.50. The van der Waals surface area contributed by atoms with Crippen molar-refractivity contribution in [2.24, 2.45) is 0 Å². The van der Waals surface area contributed by atoms with Gasteiger partial charge in [-0.25, -0.2) is 14.4 Å². The summed E-state index contributed by atoms with van der Waals surface area (Å²) in [6.45, 7) is 2.02. The molecule has 2 N–H and O–H groups in total. The molecule has 0 aliphatic heterocycles. The standard InChI is InChI=1S/C20H18ClFN6/c1-11(12-4-6-14(22)7-5-12)28-10-23-17-8-15(21)19(25-20(17)28)24-18-9-16(26-27-18)13-2-3-13/h4-11,13H,2-3H2,1H3,(H2,24,25,26,27). The minimum atomic E-state index is -0.257. The van der Waals surface area contributed by atoms with Crippen LogP contribution in [0.5, 0.6) is 0 Å². The highest BCUT2D eigenvalue weighted by Gasteiger charge is 2.25. The molecule has 0 saturated heterocycles. The monoisotopic (exact) mass is 396 g/mol. The molecule has 1 unspecified atom stereocenters. The van der Waals surface area contributed by atoms with Crippen LogP contribution in [0.1, 0.15) is 43.0 Å². The molecule has 1 saturated carbocycles. The number of hydrogen-bond acceptors (Lipinski definition) is 4. The summed E-state index contributed by atoms with van der Waals surface area (Å²) in [5.74, 6) is 1.55. The molecule has 8 heteroatoms. The first-order valence-corrected chi connectivity index (χ1v) is 9.57. The first-order chi connectivity index (χ1) is 13.6. The van der Waals surface area contributed by atoms with Crippen molar-refractivity contribution < 1.29 is 4.39 Å². The molecule has 1 atom stereocenters. The average Bonchev–Trinajstić information content (AvgIpc) is 3.30. The van der Waals surface area contributed by atoms with Crippen LogP contribution in [0, 0.1) is 5.82 Å². The van der Waals surface area contributed by atoms with Crippen molar-refractivity contribution in [1.29, 1.82) is 0 Å². The summed E-state index contributed by atoms with van der Waals surface area (Å²) in [5, 5.41) is 11.0. The SMILES string of the molecule is CC(c1ccc(F)cc1)n1cnc2cc(Cl)c(Nc3cc(C4CC4)[nH]n3)nc21. The molecule has 0 spiro atoms. The highest BCUT2D eigenvalue weighted by atomic mass is 35.5. The molecule has 1 aliphatic carbocycles. The number of H-pyrrole nitrogens is 1. The van der Waals surface area contributed by atoms with E-state index in [1.807, 2.05) is 17.6 Å². The first-order valence-electron chi connectivity index (χ1n) is 9.19. The van der Waals surface area contributed by atoms with Gasteiger partial charge in [0.05, 0.1) is 17.4 Å². The third-order valence-electron chi connectivity index (χ3n) is 5.13. The largest absolute Gasteiger partial charge is 0.322 e. The van der Waals surface area contributed by atoms with Crippen molar-refractivity contribution in [3.8, 4) is 0 Å². The third-order valence-corrected chi connectivity index (χ3v) is 5.42. The van der Waals surface area contributed by atoms with Crippen molar-refractivity contribution in [3.63, 3.8) is 0 Å². The number of aromatic amines is 1. The lowest BCUT2D eigenvalue weighted by molar-refractivity contribution is 0.619. The number of hydrogen-bond donors (Lipinski definition) is 2. The topological polar surface area (TPSA) is 71.4 Å². The zero-order valence-electron chi connectivity index (χ0n) is 15.2. The normalized spacial score (nSPS) is 15.1. The predicted octanol–water partition coefficient (Wildman–Crippen LogP) is 5.18. The van der Waals surface area contributed by atoms with Gasteiger partial charge in [-0.1, -0.05) is 23.7 Å². The molecular weight excluding hydrogens is 379 g/mol. The molecule has 0 bridgehead atoms. The molecule has 1 aliphatic rings. The number of fused-ring (bicyclic) bond motifs is 1. The maximum absolute atomic E-state index is 13.2. The highest BCUT2D eigenvalue weighted by molar-refractivity contribution is 6.33. The molecular formula is C20H18ClFN6. The van der Waals surface area contributed by atoms with Crippen molar-refractivity contribution >= 4 is 34.4 Å². The maximum atomic E-state index is 13.2. The maximum Gasteiger partial charge on any atom is 0.162 e. The number of halogens is 2. The Kier molecular flexibility index (Phi) is 4.05. The highest BCUT2D eigenvalue weighted by Crippen LogP contribution is 2.40. The van der Waals surface area contributed by atoms with Gasteiger partial charge in [0.1, 0.15) is 11.3 Å².